The summed E-state index contributed by atoms with van der Waals surface area (Å²) in [6, 6.07) is 6.02. The zero-order valence-electron chi connectivity index (χ0n) is 6.57. The summed E-state index contributed by atoms with van der Waals surface area (Å²) < 4.78 is 26.8. The summed E-state index contributed by atoms with van der Waals surface area (Å²) in [6.45, 7) is -2.74. The fourth-order valence-electron chi connectivity index (χ4n) is 0.513. The quantitative estimate of drug-likeness (QED) is 0.640. The maximum atomic E-state index is 12.6. The zero-order chi connectivity index (χ0) is 8.48. The fraction of sp³-hybridized carbons (Fsp3) is 0.143. The van der Waals surface area contributed by atoms with E-state index in [1.54, 1.807) is 12.1 Å². The Morgan fingerprint density at radius 2 is 2.00 bits per heavy atom. The molecule has 2 heteroatoms. The highest BCUT2D eigenvalue weighted by molar-refractivity contribution is 9.10. The van der Waals surface area contributed by atoms with Crippen molar-refractivity contribution in [3.63, 3.8) is 0 Å². The van der Waals surface area contributed by atoms with E-state index >= 15 is 0 Å². The molecule has 0 saturated heterocycles. The molecule has 0 bridgehead atoms. The van der Waals surface area contributed by atoms with Crippen molar-refractivity contribution in [2.45, 2.75) is 6.63 Å². The highest BCUT2D eigenvalue weighted by Crippen LogP contribution is 2.10. The lowest BCUT2D eigenvalue weighted by molar-refractivity contribution is 0.485. The minimum absolute atomic E-state index is 0.0423. The van der Waals surface area contributed by atoms with E-state index in [0.29, 0.717) is 0 Å². The van der Waals surface area contributed by atoms with Gasteiger partial charge in [0.15, 0.2) is 0 Å². The van der Waals surface area contributed by atoms with Crippen LogP contribution in [-0.2, 0) is 6.63 Å². The molecule has 1 rings (SSSR count). The SMILES string of the molecule is [2H]C([2H])(F)c1ccc(Br)cc1. The lowest BCUT2D eigenvalue weighted by Gasteiger charge is -1.91. The smallest absolute Gasteiger partial charge is 0.115 e. The first kappa shape index (κ1) is 4.45. The molecule has 0 aliphatic heterocycles. The van der Waals surface area contributed by atoms with Gasteiger partial charge in [-0.15, -0.1) is 0 Å². The molecule has 0 aromatic heterocycles. The highest BCUT2D eigenvalue weighted by Gasteiger charge is 1.88. The average molecular weight is 191 g/mol. The Morgan fingerprint density at radius 3 is 2.44 bits per heavy atom. The molecule has 0 unspecified atom stereocenters. The minimum Gasteiger partial charge on any atom is -0.246 e. The third kappa shape index (κ3) is 1.79. The summed E-state index contributed by atoms with van der Waals surface area (Å²) >= 11 is 3.17. The largest absolute Gasteiger partial charge is 0.246 e. The Labute approximate surface area is 64.6 Å². The van der Waals surface area contributed by atoms with Crippen molar-refractivity contribution in [1.82, 2.24) is 0 Å². The van der Waals surface area contributed by atoms with Gasteiger partial charge in [-0.05, 0) is 17.7 Å². The topological polar surface area (TPSA) is 0 Å². The van der Waals surface area contributed by atoms with E-state index in [9.17, 15) is 4.39 Å². The van der Waals surface area contributed by atoms with E-state index < -0.39 is 6.63 Å². The molecule has 0 heterocycles. The third-order valence-corrected chi connectivity index (χ3v) is 1.48. The molecule has 0 fully saturated rings. The molecule has 0 amide bonds. The average Bonchev–Trinajstić information content (AvgIpc) is 1.86. The van der Waals surface area contributed by atoms with Gasteiger partial charge in [-0.25, -0.2) is 4.39 Å². The zero-order valence-corrected chi connectivity index (χ0v) is 6.15. The van der Waals surface area contributed by atoms with Gasteiger partial charge in [0.1, 0.15) is 6.63 Å². The van der Waals surface area contributed by atoms with Crippen LogP contribution in [-0.4, -0.2) is 0 Å². The highest BCUT2D eigenvalue weighted by atomic mass is 79.9. The van der Waals surface area contributed by atoms with Crippen molar-refractivity contribution in [2.75, 3.05) is 0 Å². The van der Waals surface area contributed by atoms with Crippen LogP contribution in [0.3, 0.4) is 0 Å². The summed E-state index contributed by atoms with van der Waals surface area (Å²) in [6.07, 6.45) is 0. The lowest BCUT2D eigenvalue weighted by Crippen LogP contribution is -1.74. The maximum Gasteiger partial charge on any atom is 0.115 e. The Kier molecular flexibility index (Phi) is 1.47. The van der Waals surface area contributed by atoms with Crippen LogP contribution in [0.15, 0.2) is 28.7 Å². The molecular formula is C7H6BrF. The number of hydrogen-bond donors (Lipinski definition) is 0. The number of benzene rings is 1. The van der Waals surface area contributed by atoms with Gasteiger partial charge in [0.25, 0.3) is 0 Å². The van der Waals surface area contributed by atoms with E-state index in [1.807, 2.05) is 0 Å². The van der Waals surface area contributed by atoms with Gasteiger partial charge in [-0.2, -0.15) is 0 Å². The molecule has 48 valence electrons. The number of rotatable bonds is 1. The molecule has 0 aliphatic rings. The molecule has 1 aromatic rings. The Bertz CT molecular complexity index is 240. The molecule has 1 aromatic carbocycles. The van der Waals surface area contributed by atoms with Crippen LogP contribution in [0.2, 0.25) is 0 Å². The normalized spacial score (nSPS) is 14.4. The Balaban J connectivity index is 2.99. The molecule has 0 spiro atoms. The predicted octanol–water partition coefficient (Wildman–Crippen LogP) is 2.92. The van der Waals surface area contributed by atoms with E-state index in [4.69, 9.17) is 2.74 Å². The molecule has 0 N–H and O–H groups in total. The van der Waals surface area contributed by atoms with Crippen molar-refractivity contribution in [3.8, 4) is 0 Å². The van der Waals surface area contributed by atoms with E-state index in [2.05, 4.69) is 15.9 Å². The van der Waals surface area contributed by atoms with Crippen molar-refractivity contribution < 1.29 is 7.13 Å². The van der Waals surface area contributed by atoms with Crippen LogP contribution in [0.25, 0.3) is 0 Å². The summed E-state index contributed by atoms with van der Waals surface area (Å²) in [5, 5.41) is 0. The van der Waals surface area contributed by atoms with Crippen molar-refractivity contribution in [3.05, 3.63) is 34.3 Å². The van der Waals surface area contributed by atoms with Gasteiger partial charge in [0.2, 0.25) is 0 Å². The summed E-state index contributed by atoms with van der Waals surface area (Å²) in [5.41, 5.74) is 0.0423. The Hall–Kier alpha value is -0.370. The summed E-state index contributed by atoms with van der Waals surface area (Å²) in [5.74, 6) is 0. The van der Waals surface area contributed by atoms with Crippen LogP contribution in [0.5, 0.6) is 0 Å². The number of halogens is 2. The van der Waals surface area contributed by atoms with E-state index in [-0.39, 0.29) is 5.56 Å². The fourth-order valence-corrected chi connectivity index (χ4v) is 0.777. The van der Waals surface area contributed by atoms with Gasteiger partial charge in [0, 0.05) is 4.47 Å². The number of hydrogen-bond acceptors (Lipinski definition) is 0. The van der Waals surface area contributed by atoms with Crippen LogP contribution < -0.4 is 0 Å². The maximum absolute atomic E-state index is 12.6. The van der Waals surface area contributed by atoms with Crippen molar-refractivity contribution in [2.24, 2.45) is 0 Å². The number of alkyl halides is 1. The van der Waals surface area contributed by atoms with Gasteiger partial charge in [0.05, 0.1) is 2.74 Å². The second-order valence-corrected chi connectivity index (χ2v) is 2.52. The van der Waals surface area contributed by atoms with E-state index in [1.165, 1.54) is 12.1 Å². The van der Waals surface area contributed by atoms with Gasteiger partial charge >= 0.3 is 0 Å². The third-order valence-electron chi connectivity index (χ3n) is 0.953. The van der Waals surface area contributed by atoms with Crippen molar-refractivity contribution in [1.29, 1.82) is 0 Å². The minimum atomic E-state index is -2.74. The van der Waals surface area contributed by atoms with Gasteiger partial charge < -0.3 is 0 Å². The predicted molar refractivity (Wildman–Crippen MR) is 39.0 cm³/mol. The van der Waals surface area contributed by atoms with Gasteiger partial charge in [-0.3, -0.25) is 0 Å². The molecule has 0 saturated carbocycles. The van der Waals surface area contributed by atoms with E-state index in [0.717, 1.165) is 4.47 Å². The molecule has 0 aliphatic carbocycles. The summed E-state index contributed by atoms with van der Waals surface area (Å²) in [4.78, 5) is 0. The first-order valence-corrected chi connectivity index (χ1v) is 3.24. The second kappa shape index (κ2) is 2.97. The van der Waals surface area contributed by atoms with Crippen LogP contribution in [0.1, 0.15) is 8.30 Å². The molecular weight excluding hydrogens is 183 g/mol. The first-order valence-electron chi connectivity index (χ1n) is 3.45. The van der Waals surface area contributed by atoms with Crippen molar-refractivity contribution >= 4 is 15.9 Å². The monoisotopic (exact) mass is 190 g/mol. The standard InChI is InChI=1S/C7H6BrF/c8-7-3-1-6(5-9)2-4-7/h1-4H,5H2/i5D2. The Morgan fingerprint density at radius 1 is 1.44 bits per heavy atom. The molecule has 0 atom stereocenters. The van der Waals surface area contributed by atoms with Crippen LogP contribution in [0, 0.1) is 0 Å². The molecule has 9 heavy (non-hydrogen) atoms. The second-order valence-electron chi connectivity index (χ2n) is 1.60. The van der Waals surface area contributed by atoms with Crippen LogP contribution in [0.4, 0.5) is 4.39 Å². The van der Waals surface area contributed by atoms with Crippen LogP contribution >= 0.6 is 15.9 Å². The first-order chi connectivity index (χ1) is 5.00. The molecule has 0 radical (unpaired) electrons. The molecule has 0 nitrogen and oxygen atoms in total. The van der Waals surface area contributed by atoms with Gasteiger partial charge in [-0.1, -0.05) is 28.1 Å². The lowest BCUT2D eigenvalue weighted by atomic mass is 10.2. The summed E-state index contributed by atoms with van der Waals surface area (Å²) in [7, 11) is 0.